The molecule has 0 atom stereocenters. The summed E-state index contributed by atoms with van der Waals surface area (Å²) in [5.41, 5.74) is 2.22. The van der Waals surface area contributed by atoms with Crippen LogP contribution in [0.5, 0.6) is 5.75 Å². The van der Waals surface area contributed by atoms with Crippen molar-refractivity contribution in [2.45, 2.75) is 12.4 Å². The van der Waals surface area contributed by atoms with Crippen molar-refractivity contribution >= 4 is 36.2 Å². The van der Waals surface area contributed by atoms with Crippen LogP contribution in [0.15, 0.2) is 115 Å². The number of hydrogen-bond donors (Lipinski definition) is 0. The van der Waals surface area contributed by atoms with Crippen molar-refractivity contribution in [1.82, 2.24) is 0 Å². The SMILES string of the molecule is O=C1OC(c2ccccc2)(c2ccccc2)OC(=O)C1=Ic1ccc(OCc2ccccc2)cc1. The highest BCUT2D eigenvalue weighted by atomic mass is 127. The van der Waals surface area contributed by atoms with Gasteiger partial charge in [-0.15, -0.1) is 0 Å². The van der Waals surface area contributed by atoms with Crippen molar-refractivity contribution in [3.8, 4) is 5.75 Å². The lowest BCUT2D eigenvalue weighted by Crippen LogP contribution is -2.48. The first-order valence-electron chi connectivity index (χ1n) is 11.0. The lowest BCUT2D eigenvalue weighted by molar-refractivity contribution is -0.216. The van der Waals surface area contributed by atoms with Crippen molar-refractivity contribution in [1.29, 1.82) is 0 Å². The van der Waals surface area contributed by atoms with Gasteiger partial charge in [-0.25, -0.2) is 9.59 Å². The van der Waals surface area contributed by atoms with Crippen LogP contribution in [0.25, 0.3) is 0 Å². The molecule has 0 aliphatic carbocycles. The van der Waals surface area contributed by atoms with E-state index in [1.807, 2.05) is 91.0 Å². The summed E-state index contributed by atoms with van der Waals surface area (Å²) in [5, 5.41) is 0. The molecule has 6 heteroatoms. The minimum Gasteiger partial charge on any atom is -0.489 e. The Balaban J connectivity index is 1.37. The summed E-state index contributed by atoms with van der Waals surface area (Å²) in [4.78, 5) is 26.3. The Bertz CT molecular complexity index is 1290. The van der Waals surface area contributed by atoms with Crippen LogP contribution in [0.3, 0.4) is 0 Å². The van der Waals surface area contributed by atoms with Gasteiger partial charge in [-0.1, -0.05) is 112 Å². The standard InChI is InChI=1S/C29H21IO5/c31-27-26(30-24-16-18-25(19-17-24)33-20-21-10-4-1-5-11-21)28(32)35-29(34-27,22-12-6-2-7-13-22)23-14-8-3-9-15-23/h1-19H,20H2. The second kappa shape index (κ2) is 10.2. The van der Waals surface area contributed by atoms with E-state index in [0.29, 0.717) is 23.5 Å². The number of ether oxygens (including phenoxy) is 3. The third-order valence-corrected chi connectivity index (χ3v) is 8.17. The fraction of sp³-hybridized carbons (Fsp3) is 0.0690. The summed E-state index contributed by atoms with van der Waals surface area (Å²) < 4.78 is 18.6. The molecule has 5 nitrogen and oxygen atoms in total. The van der Waals surface area contributed by atoms with Gasteiger partial charge in [0.15, 0.2) is 3.51 Å². The van der Waals surface area contributed by atoms with E-state index in [1.165, 1.54) is 0 Å². The first-order chi connectivity index (χ1) is 17.1. The molecule has 0 amide bonds. The van der Waals surface area contributed by atoms with Gasteiger partial charge in [0, 0.05) is 14.7 Å². The van der Waals surface area contributed by atoms with E-state index < -0.39 is 38.5 Å². The maximum Gasteiger partial charge on any atom is 0.355 e. The van der Waals surface area contributed by atoms with E-state index in [9.17, 15) is 9.59 Å². The Labute approximate surface area is 213 Å². The molecule has 0 saturated carbocycles. The molecule has 0 unspecified atom stereocenters. The second-order valence-electron chi connectivity index (χ2n) is 7.76. The van der Waals surface area contributed by atoms with Gasteiger partial charge in [-0.3, -0.25) is 0 Å². The number of halogens is 1. The smallest absolute Gasteiger partial charge is 0.355 e. The van der Waals surface area contributed by atoms with Crippen LogP contribution in [0.4, 0.5) is 0 Å². The first-order valence-corrected chi connectivity index (χ1v) is 13.2. The summed E-state index contributed by atoms with van der Waals surface area (Å²) in [6.45, 7) is 0.465. The van der Waals surface area contributed by atoms with Gasteiger partial charge in [0.1, 0.15) is 12.4 Å². The zero-order chi connectivity index (χ0) is 24.1. The van der Waals surface area contributed by atoms with Crippen molar-refractivity contribution in [3.05, 3.63) is 136 Å². The number of carbonyl (C=O) groups is 2. The zero-order valence-electron chi connectivity index (χ0n) is 18.6. The molecule has 1 fully saturated rings. The van der Waals surface area contributed by atoms with Gasteiger partial charge in [0.2, 0.25) is 0 Å². The maximum absolute atomic E-state index is 13.1. The third kappa shape index (κ3) is 5.02. The Kier molecular flexibility index (Phi) is 6.72. The van der Waals surface area contributed by atoms with Crippen molar-refractivity contribution < 1.29 is 23.8 Å². The highest BCUT2D eigenvalue weighted by molar-refractivity contribution is 14.2. The molecule has 1 aliphatic rings. The number of carbonyl (C=O) groups excluding carboxylic acids is 2. The maximum atomic E-state index is 13.1. The molecular weight excluding hydrogens is 555 g/mol. The van der Waals surface area contributed by atoms with Crippen LogP contribution in [0, 0.1) is 3.57 Å². The number of esters is 2. The molecule has 0 spiro atoms. The van der Waals surface area contributed by atoms with Crippen LogP contribution in [0.2, 0.25) is 0 Å². The summed E-state index contributed by atoms with van der Waals surface area (Å²) in [5.74, 6) is -2.19. The largest absolute Gasteiger partial charge is 0.489 e. The van der Waals surface area contributed by atoms with E-state index in [2.05, 4.69) is 0 Å². The highest BCUT2D eigenvalue weighted by Crippen LogP contribution is 2.39. The molecule has 5 rings (SSSR count). The number of rotatable bonds is 6. The molecule has 0 radical (unpaired) electrons. The Hall–Kier alpha value is -3.78. The second-order valence-corrected chi connectivity index (χ2v) is 10.6. The van der Waals surface area contributed by atoms with Crippen molar-refractivity contribution in [2.75, 3.05) is 0 Å². The van der Waals surface area contributed by atoms with Crippen LogP contribution in [-0.2, 0) is 31.5 Å². The Morgan fingerprint density at radius 1 is 0.629 bits per heavy atom. The normalized spacial score (nSPS) is 14.7. The van der Waals surface area contributed by atoms with Crippen molar-refractivity contribution in [2.24, 2.45) is 0 Å². The molecular formula is C29H21IO5. The predicted molar refractivity (Wildman–Crippen MR) is 141 cm³/mol. The number of hydrogen-bond acceptors (Lipinski definition) is 5. The molecule has 0 N–H and O–H groups in total. The molecule has 1 saturated heterocycles. The highest BCUT2D eigenvalue weighted by Gasteiger charge is 2.49. The monoisotopic (exact) mass is 576 g/mol. The van der Waals surface area contributed by atoms with E-state index >= 15 is 0 Å². The molecule has 0 aromatic heterocycles. The van der Waals surface area contributed by atoms with Crippen molar-refractivity contribution in [3.63, 3.8) is 0 Å². The van der Waals surface area contributed by atoms with E-state index in [-0.39, 0.29) is 3.51 Å². The molecule has 1 heterocycles. The predicted octanol–water partition coefficient (Wildman–Crippen LogP) is 5.58. The third-order valence-electron chi connectivity index (χ3n) is 5.40. The van der Waals surface area contributed by atoms with Gasteiger partial charge in [0.05, 0.1) is 0 Å². The van der Waals surface area contributed by atoms with E-state index in [1.54, 1.807) is 24.3 Å². The molecule has 35 heavy (non-hydrogen) atoms. The van der Waals surface area contributed by atoms with Gasteiger partial charge < -0.3 is 14.2 Å². The fourth-order valence-electron chi connectivity index (χ4n) is 3.69. The Morgan fingerprint density at radius 3 is 1.63 bits per heavy atom. The minimum atomic E-state index is -1.61. The average Bonchev–Trinajstić information content (AvgIpc) is 2.92. The van der Waals surface area contributed by atoms with Gasteiger partial charge in [-0.05, 0) is 29.8 Å². The van der Waals surface area contributed by atoms with Gasteiger partial charge >= 0.3 is 17.7 Å². The lowest BCUT2D eigenvalue weighted by atomic mass is 9.96. The van der Waals surface area contributed by atoms with E-state index in [4.69, 9.17) is 14.2 Å². The van der Waals surface area contributed by atoms with Crippen LogP contribution in [-0.4, -0.2) is 15.4 Å². The summed E-state index contributed by atoms with van der Waals surface area (Å²) in [7, 11) is 0. The van der Waals surface area contributed by atoms with E-state index in [0.717, 1.165) is 9.13 Å². The number of benzene rings is 4. The fourth-order valence-corrected chi connectivity index (χ4v) is 5.70. The van der Waals surface area contributed by atoms with Crippen LogP contribution >= 0.6 is 20.7 Å². The number of cyclic esters (lactones) is 2. The molecule has 4 aromatic rings. The first kappa shape index (κ1) is 23.0. The topological polar surface area (TPSA) is 61.8 Å². The minimum absolute atomic E-state index is 0.0595. The van der Waals surface area contributed by atoms with Crippen LogP contribution in [0.1, 0.15) is 16.7 Å². The lowest BCUT2D eigenvalue weighted by Gasteiger charge is -2.36. The molecule has 4 aromatic carbocycles. The molecule has 1 aliphatic heterocycles. The quantitative estimate of drug-likeness (QED) is 0.222. The summed E-state index contributed by atoms with van der Waals surface area (Å²) >= 11 is -1.11. The Morgan fingerprint density at radius 2 is 1.11 bits per heavy atom. The van der Waals surface area contributed by atoms with Crippen LogP contribution < -0.4 is 4.74 Å². The summed E-state index contributed by atoms with van der Waals surface area (Å²) in [6, 6.07) is 35.4. The van der Waals surface area contributed by atoms with Gasteiger partial charge in [0.25, 0.3) is 0 Å². The molecule has 0 bridgehead atoms. The molecule has 174 valence electrons. The summed E-state index contributed by atoms with van der Waals surface area (Å²) in [6.07, 6.45) is 0. The van der Waals surface area contributed by atoms with Gasteiger partial charge in [-0.2, -0.15) is 0 Å². The average molecular weight is 576 g/mol. The zero-order valence-corrected chi connectivity index (χ0v) is 20.8.